The van der Waals surface area contributed by atoms with Crippen molar-refractivity contribution >= 4 is 34.6 Å². The van der Waals surface area contributed by atoms with E-state index in [0.29, 0.717) is 17.7 Å². The van der Waals surface area contributed by atoms with Crippen molar-refractivity contribution in [3.63, 3.8) is 0 Å². The number of carbonyl (C=O) groups is 2. The van der Waals surface area contributed by atoms with E-state index in [2.05, 4.69) is 5.32 Å². The van der Waals surface area contributed by atoms with E-state index in [1.54, 1.807) is 6.07 Å². The van der Waals surface area contributed by atoms with Crippen LogP contribution in [-0.4, -0.2) is 24.2 Å². The van der Waals surface area contributed by atoms with Gasteiger partial charge in [0, 0.05) is 35.5 Å². The second kappa shape index (κ2) is 8.53. The number of nitrogens with two attached hydrogens (primary N) is 1. The highest BCUT2D eigenvalue weighted by molar-refractivity contribution is 6.10. The highest BCUT2D eigenvalue weighted by Crippen LogP contribution is 2.35. The summed E-state index contributed by atoms with van der Waals surface area (Å²) in [4.78, 5) is 26.9. The summed E-state index contributed by atoms with van der Waals surface area (Å²) in [6.45, 7) is 0.750. The third kappa shape index (κ3) is 4.13. The van der Waals surface area contributed by atoms with Crippen LogP contribution in [0.3, 0.4) is 0 Å². The van der Waals surface area contributed by atoms with E-state index >= 15 is 0 Å². The molecule has 154 valence electrons. The molecule has 0 unspecified atom stereocenters. The molecule has 1 aliphatic heterocycles. The molecule has 2 amide bonds. The van der Waals surface area contributed by atoms with Crippen molar-refractivity contribution in [3.8, 4) is 0 Å². The molecule has 0 aromatic heterocycles. The largest absolute Gasteiger partial charge is 0.384 e. The highest BCUT2D eigenvalue weighted by atomic mass is 16.2. The fraction of sp³-hybridized carbons (Fsp3) is 0.292. The first-order chi connectivity index (χ1) is 14.5. The van der Waals surface area contributed by atoms with Crippen molar-refractivity contribution in [2.45, 2.75) is 38.5 Å². The fourth-order valence-electron chi connectivity index (χ4n) is 4.20. The summed E-state index contributed by atoms with van der Waals surface area (Å²) >= 11 is 0. The molecule has 1 heterocycles. The number of carbonyl (C=O) groups excluding carboxylic acids is 2. The number of benzene rings is 2. The Morgan fingerprint density at radius 2 is 1.80 bits per heavy atom. The number of nitrogens with one attached hydrogen (secondary N) is 2. The molecule has 0 bridgehead atoms. The summed E-state index contributed by atoms with van der Waals surface area (Å²) < 4.78 is 0. The predicted molar refractivity (Wildman–Crippen MR) is 120 cm³/mol. The molecule has 6 nitrogen and oxygen atoms in total. The van der Waals surface area contributed by atoms with E-state index in [1.807, 2.05) is 47.4 Å². The molecule has 0 saturated carbocycles. The van der Waals surface area contributed by atoms with Crippen LogP contribution in [0.25, 0.3) is 5.57 Å². The van der Waals surface area contributed by atoms with Crippen molar-refractivity contribution in [3.05, 3.63) is 65.2 Å². The molecule has 4 rings (SSSR count). The van der Waals surface area contributed by atoms with Crippen molar-refractivity contribution in [2.75, 3.05) is 16.8 Å². The lowest BCUT2D eigenvalue weighted by Crippen LogP contribution is -2.35. The molecule has 4 N–H and O–H groups in total. The van der Waals surface area contributed by atoms with Gasteiger partial charge in [0.15, 0.2) is 0 Å². The minimum atomic E-state index is -0.0995. The quantitative estimate of drug-likeness (QED) is 0.519. The van der Waals surface area contributed by atoms with Crippen LogP contribution in [0.5, 0.6) is 0 Å². The van der Waals surface area contributed by atoms with Crippen LogP contribution in [0.4, 0.5) is 11.4 Å². The molecular formula is C24H26N4O2. The minimum absolute atomic E-state index is 0.0220. The maximum atomic E-state index is 13.0. The monoisotopic (exact) mass is 402 g/mol. The Balaban J connectivity index is 1.51. The Bertz CT molecular complexity index is 1020. The number of amidine groups is 1. The normalized spacial score (nSPS) is 16.7. The average molecular weight is 402 g/mol. The molecule has 2 aromatic carbocycles. The Labute approximate surface area is 176 Å². The minimum Gasteiger partial charge on any atom is -0.384 e. The highest BCUT2D eigenvalue weighted by Gasteiger charge is 2.23. The van der Waals surface area contributed by atoms with Crippen LogP contribution < -0.4 is 16.0 Å². The molecule has 1 fully saturated rings. The summed E-state index contributed by atoms with van der Waals surface area (Å²) in [6.07, 6.45) is 5.06. The molecule has 0 spiro atoms. The summed E-state index contributed by atoms with van der Waals surface area (Å²) in [7, 11) is 0. The topological polar surface area (TPSA) is 99.3 Å². The average Bonchev–Trinajstić information content (AvgIpc) is 3.25. The number of anilines is 2. The van der Waals surface area contributed by atoms with Crippen LogP contribution in [0.2, 0.25) is 0 Å². The fourth-order valence-corrected chi connectivity index (χ4v) is 4.20. The second-order valence-electron chi connectivity index (χ2n) is 7.81. The van der Waals surface area contributed by atoms with Crippen molar-refractivity contribution < 1.29 is 9.59 Å². The van der Waals surface area contributed by atoms with Gasteiger partial charge in [-0.25, -0.2) is 0 Å². The Morgan fingerprint density at radius 1 is 1.00 bits per heavy atom. The van der Waals surface area contributed by atoms with Gasteiger partial charge in [-0.3, -0.25) is 15.0 Å². The zero-order valence-corrected chi connectivity index (χ0v) is 16.9. The van der Waals surface area contributed by atoms with Gasteiger partial charge >= 0.3 is 0 Å². The van der Waals surface area contributed by atoms with E-state index in [9.17, 15) is 9.59 Å². The van der Waals surface area contributed by atoms with Crippen LogP contribution in [0.15, 0.2) is 54.1 Å². The van der Waals surface area contributed by atoms with Gasteiger partial charge in [-0.05, 0) is 73.6 Å². The van der Waals surface area contributed by atoms with Gasteiger partial charge in [0.05, 0.1) is 0 Å². The van der Waals surface area contributed by atoms with E-state index in [0.717, 1.165) is 61.0 Å². The third-order valence-corrected chi connectivity index (χ3v) is 5.77. The first kappa shape index (κ1) is 19.9. The molecule has 1 aliphatic carbocycles. The van der Waals surface area contributed by atoms with Crippen LogP contribution >= 0.6 is 0 Å². The number of nitrogens with zero attached hydrogens (tertiary/aromatic N) is 1. The summed E-state index contributed by atoms with van der Waals surface area (Å²) in [5, 5.41) is 10.6. The zero-order valence-electron chi connectivity index (χ0n) is 16.9. The number of amides is 2. The standard InChI is InChI=1S/C24H26N4O2/c25-23(26)17-6-3-5-16(15-17)20-7-4-8-21(20)24(30)27-18-10-12-19(13-11-18)28-14-2-1-9-22(28)29/h3,5-6,10-13,15H,1-2,4,7-9,14H2,(H3,25,26)(H,27,30). The van der Waals surface area contributed by atoms with E-state index in [-0.39, 0.29) is 17.6 Å². The maximum Gasteiger partial charge on any atom is 0.251 e. The van der Waals surface area contributed by atoms with E-state index in [4.69, 9.17) is 11.1 Å². The van der Waals surface area contributed by atoms with Gasteiger partial charge in [0.25, 0.3) is 5.91 Å². The first-order valence-electron chi connectivity index (χ1n) is 10.4. The van der Waals surface area contributed by atoms with Gasteiger partial charge in [-0.1, -0.05) is 18.2 Å². The molecule has 30 heavy (non-hydrogen) atoms. The number of piperidine rings is 1. The summed E-state index contributed by atoms with van der Waals surface area (Å²) in [5.74, 6) is 0.0813. The molecule has 2 aromatic rings. The van der Waals surface area contributed by atoms with E-state index < -0.39 is 0 Å². The van der Waals surface area contributed by atoms with Crippen molar-refractivity contribution in [2.24, 2.45) is 5.73 Å². The van der Waals surface area contributed by atoms with Gasteiger partial charge in [-0.2, -0.15) is 0 Å². The predicted octanol–water partition coefficient (Wildman–Crippen LogP) is 4.06. The van der Waals surface area contributed by atoms with Gasteiger partial charge in [0.1, 0.15) is 5.84 Å². The van der Waals surface area contributed by atoms with Crippen LogP contribution in [-0.2, 0) is 9.59 Å². The summed E-state index contributed by atoms with van der Waals surface area (Å²) in [5.41, 5.74) is 10.6. The van der Waals surface area contributed by atoms with E-state index in [1.165, 1.54) is 0 Å². The maximum absolute atomic E-state index is 13.0. The lowest BCUT2D eigenvalue weighted by atomic mass is 9.99. The van der Waals surface area contributed by atoms with Crippen molar-refractivity contribution in [1.82, 2.24) is 0 Å². The lowest BCUT2D eigenvalue weighted by molar-refractivity contribution is -0.119. The lowest BCUT2D eigenvalue weighted by Gasteiger charge is -2.26. The number of hydrogen-bond donors (Lipinski definition) is 3. The van der Waals surface area contributed by atoms with Crippen LogP contribution in [0, 0.1) is 5.41 Å². The molecule has 0 atom stereocenters. The van der Waals surface area contributed by atoms with Gasteiger partial charge in [-0.15, -0.1) is 0 Å². The van der Waals surface area contributed by atoms with Crippen molar-refractivity contribution in [1.29, 1.82) is 5.41 Å². The second-order valence-corrected chi connectivity index (χ2v) is 7.81. The molecular weight excluding hydrogens is 376 g/mol. The first-order valence-corrected chi connectivity index (χ1v) is 10.4. The number of nitrogen functional groups attached to an aromatic ring is 1. The number of hydrogen-bond acceptors (Lipinski definition) is 3. The molecule has 6 heteroatoms. The number of allylic oxidation sites excluding steroid dienone is 1. The van der Waals surface area contributed by atoms with Gasteiger partial charge in [0.2, 0.25) is 5.91 Å². The van der Waals surface area contributed by atoms with Gasteiger partial charge < -0.3 is 16.0 Å². The third-order valence-electron chi connectivity index (χ3n) is 5.77. The smallest absolute Gasteiger partial charge is 0.251 e. The SMILES string of the molecule is N=C(N)c1cccc(C2=C(C(=O)Nc3ccc(N4CCCCC4=O)cc3)CCC2)c1. The number of rotatable bonds is 5. The Morgan fingerprint density at radius 3 is 2.53 bits per heavy atom. The zero-order chi connectivity index (χ0) is 21.1. The molecule has 2 aliphatic rings. The molecule has 1 saturated heterocycles. The Hall–Kier alpha value is -3.41. The van der Waals surface area contributed by atoms with Crippen LogP contribution in [0.1, 0.15) is 49.7 Å². The molecule has 0 radical (unpaired) electrons. The Kier molecular flexibility index (Phi) is 5.65. The summed E-state index contributed by atoms with van der Waals surface area (Å²) in [6, 6.07) is 15.0.